The summed E-state index contributed by atoms with van der Waals surface area (Å²) in [6.45, 7) is 14.6. The van der Waals surface area contributed by atoms with Gasteiger partial charge in [0.05, 0.1) is 0 Å². The minimum Gasteiger partial charge on any atom is -0.241 e. The molecule has 1 heterocycles. The number of aromatic nitrogens is 2. The third kappa shape index (κ3) is 5.30. The standard InChI is InChI=1S/C13H20N2.2C2H6/c1-4-5-9(2)11-6-12-8-14-10(3)15-13(12)7-11;2*1-2/h8-9,11H,4-7H2,1-3H3;2*1-2H3. The lowest BCUT2D eigenvalue weighted by Crippen LogP contribution is -2.11. The van der Waals surface area contributed by atoms with Gasteiger partial charge in [-0.1, -0.05) is 54.4 Å². The van der Waals surface area contributed by atoms with Crippen LogP contribution in [-0.2, 0) is 12.8 Å². The summed E-state index contributed by atoms with van der Waals surface area (Å²) in [5.74, 6) is 2.54. The minimum atomic E-state index is 0.802. The first-order valence-corrected chi connectivity index (χ1v) is 8.02. The molecule has 2 unspecified atom stereocenters. The number of rotatable bonds is 3. The lowest BCUT2D eigenvalue weighted by molar-refractivity contribution is 0.347. The van der Waals surface area contributed by atoms with Crippen molar-refractivity contribution >= 4 is 0 Å². The largest absolute Gasteiger partial charge is 0.241 e. The maximum Gasteiger partial charge on any atom is 0.125 e. The van der Waals surface area contributed by atoms with Gasteiger partial charge in [-0.05, 0) is 37.2 Å². The molecule has 1 aromatic heterocycles. The Kier molecular flexibility index (Phi) is 9.46. The van der Waals surface area contributed by atoms with Crippen molar-refractivity contribution in [3.8, 4) is 0 Å². The normalized spacial score (nSPS) is 17.5. The first-order chi connectivity index (χ1) is 9.20. The van der Waals surface area contributed by atoms with Crippen LogP contribution in [0.25, 0.3) is 0 Å². The Balaban J connectivity index is 0.000000741. The highest BCUT2D eigenvalue weighted by Gasteiger charge is 2.26. The molecule has 0 radical (unpaired) electrons. The number of hydrogen-bond donors (Lipinski definition) is 0. The van der Waals surface area contributed by atoms with E-state index in [2.05, 4.69) is 23.8 Å². The van der Waals surface area contributed by atoms with Gasteiger partial charge in [-0.15, -0.1) is 0 Å². The Bertz CT molecular complexity index is 347. The van der Waals surface area contributed by atoms with Gasteiger partial charge < -0.3 is 0 Å². The minimum absolute atomic E-state index is 0.802. The molecule has 0 aromatic carbocycles. The lowest BCUT2D eigenvalue weighted by Gasteiger charge is -2.17. The molecule has 2 rings (SSSR count). The second kappa shape index (κ2) is 9.94. The van der Waals surface area contributed by atoms with Crippen molar-refractivity contribution in [2.75, 3.05) is 0 Å². The highest BCUT2D eigenvalue weighted by molar-refractivity contribution is 5.24. The molecule has 19 heavy (non-hydrogen) atoms. The molecular formula is C17H32N2. The number of aryl methyl sites for hydroxylation is 1. The van der Waals surface area contributed by atoms with Crippen molar-refractivity contribution < 1.29 is 0 Å². The van der Waals surface area contributed by atoms with Gasteiger partial charge in [-0.3, -0.25) is 0 Å². The van der Waals surface area contributed by atoms with Gasteiger partial charge in [-0.2, -0.15) is 0 Å². The van der Waals surface area contributed by atoms with Crippen LogP contribution in [0.5, 0.6) is 0 Å². The van der Waals surface area contributed by atoms with Crippen LogP contribution >= 0.6 is 0 Å². The monoisotopic (exact) mass is 264 g/mol. The van der Waals surface area contributed by atoms with Crippen molar-refractivity contribution in [1.29, 1.82) is 0 Å². The van der Waals surface area contributed by atoms with Crippen LogP contribution in [0.1, 0.15) is 71.5 Å². The lowest BCUT2D eigenvalue weighted by atomic mass is 9.88. The quantitative estimate of drug-likeness (QED) is 0.768. The second-order valence-corrected chi connectivity index (χ2v) is 4.82. The third-order valence-corrected chi connectivity index (χ3v) is 3.56. The van der Waals surface area contributed by atoms with E-state index in [1.54, 1.807) is 0 Å². The van der Waals surface area contributed by atoms with Crippen LogP contribution in [0.4, 0.5) is 0 Å². The summed E-state index contributed by atoms with van der Waals surface area (Å²) in [6, 6.07) is 0. The Morgan fingerprint density at radius 1 is 1.21 bits per heavy atom. The highest BCUT2D eigenvalue weighted by atomic mass is 14.9. The van der Waals surface area contributed by atoms with Crippen molar-refractivity contribution in [2.24, 2.45) is 11.8 Å². The highest BCUT2D eigenvalue weighted by Crippen LogP contribution is 2.31. The van der Waals surface area contributed by atoms with E-state index in [9.17, 15) is 0 Å². The molecule has 0 saturated carbocycles. The summed E-state index contributed by atoms with van der Waals surface area (Å²) in [5, 5.41) is 0. The zero-order chi connectivity index (χ0) is 14.8. The van der Waals surface area contributed by atoms with Gasteiger partial charge in [0.25, 0.3) is 0 Å². The molecule has 2 nitrogen and oxygen atoms in total. The van der Waals surface area contributed by atoms with E-state index in [1.165, 1.54) is 36.9 Å². The fourth-order valence-corrected chi connectivity index (χ4v) is 2.59. The van der Waals surface area contributed by atoms with Crippen LogP contribution in [-0.4, -0.2) is 9.97 Å². The predicted molar refractivity (Wildman–Crippen MR) is 84.4 cm³/mol. The summed E-state index contributed by atoms with van der Waals surface area (Å²) >= 11 is 0. The molecule has 0 bridgehead atoms. The summed E-state index contributed by atoms with van der Waals surface area (Å²) in [6.07, 6.45) is 7.01. The van der Waals surface area contributed by atoms with E-state index in [1.807, 2.05) is 40.8 Å². The van der Waals surface area contributed by atoms with Crippen LogP contribution < -0.4 is 0 Å². The van der Waals surface area contributed by atoms with Crippen LogP contribution in [0.3, 0.4) is 0 Å². The number of fused-ring (bicyclic) bond motifs is 1. The topological polar surface area (TPSA) is 25.8 Å². The fraction of sp³-hybridized carbons (Fsp3) is 0.765. The first kappa shape index (κ1) is 18.1. The van der Waals surface area contributed by atoms with Gasteiger partial charge in [0, 0.05) is 11.9 Å². The first-order valence-electron chi connectivity index (χ1n) is 8.02. The van der Waals surface area contributed by atoms with Gasteiger partial charge in [0.2, 0.25) is 0 Å². The van der Waals surface area contributed by atoms with Crippen LogP contribution in [0.15, 0.2) is 6.20 Å². The molecule has 110 valence electrons. The SMILES string of the molecule is CC.CC.CCCC(C)C1Cc2cnc(C)nc2C1. The van der Waals surface area contributed by atoms with Crippen molar-refractivity contribution in [1.82, 2.24) is 9.97 Å². The van der Waals surface area contributed by atoms with Crippen LogP contribution in [0, 0.1) is 18.8 Å². The predicted octanol–water partition coefficient (Wildman–Crippen LogP) is 4.99. The van der Waals surface area contributed by atoms with E-state index < -0.39 is 0 Å². The molecule has 2 heteroatoms. The number of nitrogens with zero attached hydrogens (tertiary/aromatic N) is 2. The summed E-state index contributed by atoms with van der Waals surface area (Å²) in [4.78, 5) is 8.81. The Labute approximate surface area is 120 Å². The second-order valence-electron chi connectivity index (χ2n) is 4.82. The van der Waals surface area contributed by atoms with Crippen molar-refractivity contribution in [2.45, 2.75) is 74.1 Å². The van der Waals surface area contributed by atoms with Gasteiger partial charge in [0.1, 0.15) is 5.82 Å². The maximum atomic E-state index is 4.54. The zero-order valence-electron chi connectivity index (χ0n) is 14.0. The van der Waals surface area contributed by atoms with Gasteiger partial charge >= 0.3 is 0 Å². The molecule has 1 aliphatic carbocycles. The van der Waals surface area contributed by atoms with Crippen LogP contribution in [0.2, 0.25) is 0 Å². The van der Waals surface area contributed by atoms with Crippen molar-refractivity contribution in [3.63, 3.8) is 0 Å². The van der Waals surface area contributed by atoms with E-state index in [4.69, 9.17) is 0 Å². The average Bonchev–Trinajstić information content (AvgIpc) is 2.86. The average molecular weight is 264 g/mol. The summed E-state index contributed by atoms with van der Waals surface area (Å²) < 4.78 is 0. The van der Waals surface area contributed by atoms with E-state index >= 15 is 0 Å². The Hall–Kier alpha value is -0.920. The summed E-state index contributed by atoms with van der Waals surface area (Å²) in [7, 11) is 0. The smallest absolute Gasteiger partial charge is 0.125 e. The Morgan fingerprint density at radius 3 is 2.42 bits per heavy atom. The van der Waals surface area contributed by atoms with E-state index in [0.29, 0.717) is 0 Å². The molecule has 0 saturated heterocycles. The molecule has 0 amide bonds. The maximum absolute atomic E-state index is 4.54. The molecule has 1 aromatic rings. The number of hydrogen-bond acceptors (Lipinski definition) is 2. The molecule has 0 N–H and O–H groups in total. The van der Waals surface area contributed by atoms with E-state index in [-0.39, 0.29) is 0 Å². The molecule has 0 fully saturated rings. The molecule has 0 spiro atoms. The fourth-order valence-electron chi connectivity index (χ4n) is 2.59. The van der Waals surface area contributed by atoms with Crippen molar-refractivity contribution in [3.05, 3.63) is 23.3 Å². The molecule has 0 aliphatic heterocycles. The summed E-state index contributed by atoms with van der Waals surface area (Å²) in [5.41, 5.74) is 2.68. The van der Waals surface area contributed by atoms with Gasteiger partial charge in [-0.25, -0.2) is 9.97 Å². The van der Waals surface area contributed by atoms with E-state index in [0.717, 1.165) is 17.7 Å². The Morgan fingerprint density at radius 2 is 1.84 bits per heavy atom. The zero-order valence-corrected chi connectivity index (χ0v) is 14.0. The molecule has 1 aliphatic rings. The molecule has 2 atom stereocenters. The third-order valence-electron chi connectivity index (χ3n) is 3.56. The molecular weight excluding hydrogens is 232 g/mol. The van der Waals surface area contributed by atoms with Gasteiger partial charge in [0.15, 0.2) is 0 Å².